The summed E-state index contributed by atoms with van der Waals surface area (Å²) in [6, 6.07) is 4.42. The van der Waals surface area contributed by atoms with Crippen molar-refractivity contribution >= 4 is 11.9 Å². The van der Waals surface area contributed by atoms with E-state index in [1.807, 2.05) is 0 Å². The standard InChI is InChI=1S/C15H20FNO3/c1-11-7-8-12(10-13(11)16)15(19)17-9-5-3-4-6-14(18)20-2/h7-8,10H,3-6,9H2,1-2H3,(H,17,19). The van der Waals surface area contributed by atoms with Crippen LogP contribution >= 0.6 is 0 Å². The summed E-state index contributed by atoms with van der Waals surface area (Å²) in [7, 11) is 1.36. The number of aryl methyl sites for hydroxylation is 1. The summed E-state index contributed by atoms with van der Waals surface area (Å²) >= 11 is 0. The molecule has 0 fully saturated rings. The van der Waals surface area contributed by atoms with E-state index in [9.17, 15) is 14.0 Å². The molecule has 5 heteroatoms. The summed E-state index contributed by atoms with van der Waals surface area (Å²) in [5, 5.41) is 2.73. The van der Waals surface area contributed by atoms with Gasteiger partial charge >= 0.3 is 5.97 Å². The van der Waals surface area contributed by atoms with E-state index in [2.05, 4.69) is 10.1 Å². The van der Waals surface area contributed by atoms with Crippen LogP contribution in [0.4, 0.5) is 4.39 Å². The Morgan fingerprint density at radius 2 is 2.00 bits per heavy atom. The number of ether oxygens (including phenoxy) is 1. The molecule has 0 aromatic heterocycles. The van der Waals surface area contributed by atoms with Crippen molar-refractivity contribution in [1.29, 1.82) is 0 Å². The second kappa shape index (κ2) is 8.30. The minimum atomic E-state index is -0.379. The molecule has 0 saturated carbocycles. The molecule has 1 rings (SSSR count). The molecule has 1 N–H and O–H groups in total. The van der Waals surface area contributed by atoms with Crippen LogP contribution in [0.25, 0.3) is 0 Å². The maximum Gasteiger partial charge on any atom is 0.305 e. The molecule has 0 bridgehead atoms. The molecule has 1 aromatic rings. The van der Waals surface area contributed by atoms with Crippen molar-refractivity contribution in [3.63, 3.8) is 0 Å². The first-order valence-corrected chi connectivity index (χ1v) is 6.65. The first-order chi connectivity index (χ1) is 9.54. The van der Waals surface area contributed by atoms with Crippen LogP contribution in [0.5, 0.6) is 0 Å². The average Bonchev–Trinajstić information content (AvgIpc) is 2.44. The fraction of sp³-hybridized carbons (Fsp3) is 0.467. The predicted molar refractivity (Wildman–Crippen MR) is 74.0 cm³/mol. The molecule has 1 amide bonds. The zero-order chi connectivity index (χ0) is 15.0. The van der Waals surface area contributed by atoms with Crippen LogP contribution in [-0.2, 0) is 9.53 Å². The second-order valence-corrected chi connectivity index (χ2v) is 4.61. The maximum absolute atomic E-state index is 13.3. The predicted octanol–water partition coefficient (Wildman–Crippen LogP) is 2.60. The average molecular weight is 281 g/mol. The number of halogens is 1. The first-order valence-electron chi connectivity index (χ1n) is 6.65. The van der Waals surface area contributed by atoms with Crippen LogP contribution in [0.15, 0.2) is 18.2 Å². The number of hydrogen-bond acceptors (Lipinski definition) is 3. The van der Waals surface area contributed by atoms with E-state index in [-0.39, 0.29) is 17.7 Å². The molecule has 0 atom stereocenters. The molecule has 0 unspecified atom stereocenters. The fourth-order valence-electron chi connectivity index (χ4n) is 1.71. The number of esters is 1. The van der Waals surface area contributed by atoms with Gasteiger partial charge in [-0.2, -0.15) is 0 Å². The third-order valence-electron chi connectivity index (χ3n) is 3.00. The quantitative estimate of drug-likeness (QED) is 0.617. The van der Waals surface area contributed by atoms with Crippen molar-refractivity contribution in [3.8, 4) is 0 Å². The highest BCUT2D eigenvalue weighted by molar-refractivity contribution is 5.94. The van der Waals surface area contributed by atoms with E-state index in [0.717, 1.165) is 19.3 Å². The van der Waals surface area contributed by atoms with E-state index >= 15 is 0 Å². The van der Waals surface area contributed by atoms with Crippen LogP contribution in [0, 0.1) is 12.7 Å². The molecule has 0 aliphatic heterocycles. The lowest BCUT2D eigenvalue weighted by molar-refractivity contribution is -0.140. The third kappa shape index (κ3) is 5.38. The fourth-order valence-corrected chi connectivity index (χ4v) is 1.71. The lowest BCUT2D eigenvalue weighted by Crippen LogP contribution is -2.24. The lowest BCUT2D eigenvalue weighted by atomic mass is 10.1. The molecule has 0 radical (unpaired) electrons. The van der Waals surface area contributed by atoms with E-state index in [1.54, 1.807) is 19.1 Å². The Hall–Kier alpha value is -1.91. The topological polar surface area (TPSA) is 55.4 Å². The van der Waals surface area contributed by atoms with E-state index < -0.39 is 0 Å². The Morgan fingerprint density at radius 3 is 2.65 bits per heavy atom. The van der Waals surface area contributed by atoms with Gasteiger partial charge in [-0.05, 0) is 37.5 Å². The Bertz CT molecular complexity index is 474. The van der Waals surface area contributed by atoms with Gasteiger partial charge in [-0.3, -0.25) is 9.59 Å². The van der Waals surface area contributed by atoms with Gasteiger partial charge in [-0.1, -0.05) is 12.5 Å². The zero-order valence-electron chi connectivity index (χ0n) is 11.9. The number of hydrogen-bond donors (Lipinski definition) is 1. The molecule has 0 spiro atoms. The molecule has 0 saturated heterocycles. The summed E-state index contributed by atoms with van der Waals surface area (Å²) in [4.78, 5) is 22.6. The molecule has 1 aromatic carbocycles. The summed E-state index contributed by atoms with van der Waals surface area (Å²) < 4.78 is 17.8. The molecule has 0 aliphatic rings. The highest BCUT2D eigenvalue weighted by Gasteiger charge is 2.07. The number of benzene rings is 1. The van der Waals surface area contributed by atoms with E-state index in [0.29, 0.717) is 24.1 Å². The monoisotopic (exact) mass is 281 g/mol. The van der Waals surface area contributed by atoms with Crippen LogP contribution in [-0.4, -0.2) is 25.5 Å². The lowest BCUT2D eigenvalue weighted by Gasteiger charge is -2.06. The SMILES string of the molecule is COC(=O)CCCCCNC(=O)c1ccc(C)c(F)c1. The number of nitrogens with one attached hydrogen (secondary N) is 1. The maximum atomic E-state index is 13.3. The third-order valence-corrected chi connectivity index (χ3v) is 3.00. The van der Waals surface area contributed by atoms with Crippen LogP contribution in [0.3, 0.4) is 0 Å². The van der Waals surface area contributed by atoms with E-state index in [4.69, 9.17) is 0 Å². The Kier molecular flexibility index (Phi) is 6.70. The molecular weight excluding hydrogens is 261 g/mol. The number of carbonyl (C=O) groups is 2. The number of carbonyl (C=O) groups excluding carboxylic acids is 2. The van der Waals surface area contributed by atoms with Crippen molar-refractivity contribution in [3.05, 3.63) is 35.1 Å². The van der Waals surface area contributed by atoms with Gasteiger partial charge in [0.1, 0.15) is 5.82 Å². The van der Waals surface area contributed by atoms with Gasteiger partial charge in [0.05, 0.1) is 7.11 Å². The van der Waals surface area contributed by atoms with Gasteiger partial charge in [0, 0.05) is 18.5 Å². The summed E-state index contributed by atoms with van der Waals surface area (Å²) in [5.41, 5.74) is 0.840. The van der Waals surface area contributed by atoms with Crippen LogP contribution in [0.1, 0.15) is 41.6 Å². The number of amides is 1. The normalized spacial score (nSPS) is 10.2. The molecule has 4 nitrogen and oxygen atoms in total. The number of rotatable bonds is 7. The molecule has 0 heterocycles. The zero-order valence-corrected chi connectivity index (χ0v) is 11.9. The summed E-state index contributed by atoms with van der Waals surface area (Å²) in [5.74, 6) is -0.878. The highest BCUT2D eigenvalue weighted by atomic mass is 19.1. The van der Waals surface area contributed by atoms with Crippen molar-refractivity contribution in [2.45, 2.75) is 32.6 Å². The van der Waals surface area contributed by atoms with Gasteiger partial charge in [-0.25, -0.2) is 4.39 Å². The molecule has 110 valence electrons. The minimum absolute atomic E-state index is 0.218. The first kappa shape index (κ1) is 16.1. The number of methoxy groups -OCH3 is 1. The van der Waals surface area contributed by atoms with Crippen molar-refractivity contribution < 1.29 is 18.7 Å². The largest absolute Gasteiger partial charge is 0.469 e. The van der Waals surface area contributed by atoms with Crippen LogP contribution in [0.2, 0.25) is 0 Å². The minimum Gasteiger partial charge on any atom is -0.469 e. The Morgan fingerprint density at radius 1 is 1.25 bits per heavy atom. The van der Waals surface area contributed by atoms with Gasteiger partial charge in [0.15, 0.2) is 0 Å². The van der Waals surface area contributed by atoms with Crippen molar-refractivity contribution in [2.75, 3.05) is 13.7 Å². The van der Waals surface area contributed by atoms with Crippen LogP contribution < -0.4 is 5.32 Å². The summed E-state index contributed by atoms with van der Waals surface area (Å²) in [6.07, 6.45) is 2.74. The molecule has 20 heavy (non-hydrogen) atoms. The van der Waals surface area contributed by atoms with Gasteiger partial charge < -0.3 is 10.1 Å². The number of unbranched alkanes of at least 4 members (excludes halogenated alkanes) is 2. The molecule has 0 aliphatic carbocycles. The van der Waals surface area contributed by atoms with Gasteiger partial charge in [0.25, 0.3) is 5.91 Å². The molecular formula is C15H20FNO3. The Balaban J connectivity index is 2.23. The van der Waals surface area contributed by atoms with E-state index in [1.165, 1.54) is 13.2 Å². The van der Waals surface area contributed by atoms with Gasteiger partial charge in [0.2, 0.25) is 0 Å². The smallest absolute Gasteiger partial charge is 0.305 e. The highest BCUT2D eigenvalue weighted by Crippen LogP contribution is 2.09. The van der Waals surface area contributed by atoms with Crippen molar-refractivity contribution in [2.24, 2.45) is 0 Å². The summed E-state index contributed by atoms with van der Waals surface area (Å²) in [6.45, 7) is 2.16. The second-order valence-electron chi connectivity index (χ2n) is 4.61. The van der Waals surface area contributed by atoms with Gasteiger partial charge in [-0.15, -0.1) is 0 Å². The van der Waals surface area contributed by atoms with Crippen molar-refractivity contribution in [1.82, 2.24) is 5.32 Å². The Labute approximate surface area is 118 Å².